The number of piperidine rings is 1. The van der Waals surface area contributed by atoms with Crippen LogP contribution in [0.2, 0.25) is 0 Å². The number of nitrogens with zero attached hydrogens (tertiary/aromatic N) is 2. The summed E-state index contributed by atoms with van der Waals surface area (Å²) >= 11 is 0. The topological polar surface area (TPSA) is 40.6 Å². The van der Waals surface area contributed by atoms with E-state index >= 15 is 0 Å². The number of hydrogen-bond acceptors (Lipinski definition) is 2. The number of amides is 2. The minimum absolute atomic E-state index is 0.0238. The van der Waals surface area contributed by atoms with Crippen LogP contribution in [0.1, 0.15) is 24.8 Å². The SMILES string of the molecule is O=C(C1CC(=O)N(c2ccccc2)C1)N1CCC(Cc2ccc(F)cc2)CC1. The Morgan fingerprint density at radius 1 is 1.00 bits per heavy atom. The molecule has 2 aromatic carbocycles. The van der Waals surface area contributed by atoms with E-state index in [0.29, 0.717) is 18.9 Å². The molecule has 2 aliphatic rings. The van der Waals surface area contributed by atoms with Gasteiger partial charge in [0.1, 0.15) is 5.82 Å². The van der Waals surface area contributed by atoms with E-state index in [0.717, 1.165) is 43.6 Å². The molecule has 2 amide bonds. The molecule has 4 rings (SSSR count). The molecule has 1 atom stereocenters. The van der Waals surface area contributed by atoms with Gasteiger partial charge in [0.25, 0.3) is 0 Å². The molecular formula is C23H25FN2O2. The van der Waals surface area contributed by atoms with Gasteiger partial charge in [-0.25, -0.2) is 4.39 Å². The van der Waals surface area contributed by atoms with Crippen molar-refractivity contribution in [3.63, 3.8) is 0 Å². The van der Waals surface area contributed by atoms with Crippen LogP contribution in [0.3, 0.4) is 0 Å². The van der Waals surface area contributed by atoms with Gasteiger partial charge in [0.2, 0.25) is 11.8 Å². The van der Waals surface area contributed by atoms with Gasteiger partial charge in [0.05, 0.1) is 5.92 Å². The first kappa shape index (κ1) is 18.7. The Hall–Kier alpha value is -2.69. The van der Waals surface area contributed by atoms with Crippen LogP contribution in [0.15, 0.2) is 54.6 Å². The van der Waals surface area contributed by atoms with Crippen LogP contribution >= 0.6 is 0 Å². The van der Waals surface area contributed by atoms with Crippen molar-refractivity contribution >= 4 is 17.5 Å². The smallest absolute Gasteiger partial charge is 0.228 e. The predicted molar refractivity (Wildman–Crippen MR) is 106 cm³/mol. The lowest BCUT2D eigenvalue weighted by Crippen LogP contribution is -2.42. The third-order valence-corrected chi connectivity index (χ3v) is 5.91. The highest BCUT2D eigenvalue weighted by molar-refractivity contribution is 6.00. The second-order valence-electron chi connectivity index (χ2n) is 7.84. The highest BCUT2D eigenvalue weighted by atomic mass is 19.1. The molecule has 0 bridgehead atoms. The Morgan fingerprint density at radius 2 is 1.68 bits per heavy atom. The number of anilines is 1. The van der Waals surface area contributed by atoms with Crippen LogP contribution in [0.5, 0.6) is 0 Å². The lowest BCUT2D eigenvalue weighted by atomic mass is 9.89. The standard InChI is InChI=1S/C23H25FN2O2/c24-20-8-6-17(7-9-20)14-18-10-12-25(13-11-18)23(28)19-15-22(27)26(16-19)21-4-2-1-3-5-21/h1-9,18-19H,10-16H2. The zero-order valence-corrected chi connectivity index (χ0v) is 15.9. The average Bonchev–Trinajstić information content (AvgIpc) is 3.12. The van der Waals surface area contributed by atoms with E-state index < -0.39 is 0 Å². The van der Waals surface area contributed by atoms with E-state index in [1.165, 1.54) is 12.1 Å². The van der Waals surface area contributed by atoms with E-state index in [1.54, 1.807) is 4.90 Å². The monoisotopic (exact) mass is 380 g/mol. The molecule has 5 heteroatoms. The molecule has 0 aromatic heterocycles. The number of rotatable bonds is 4. The number of halogens is 1. The zero-order chi connectivity index (χ0) is 19.5. The van der Waals surface area contributed by atoms with Crippen LogP contribution in [0.25, 0.3) is 0 Å². The molecular weight excluding hydrogens is 355 g/mol. The molecule has 2 saturated heterocycles. The minimum Gasteiger partial charge on any atom is -0.342 e. The highest BCUT2D eigenvalue weighted by Crippen LogP contribution is 2.28. The minimum atomic E-state index is -0.249. The summed E-state index contributed by atoms with van der Waals surface area (Å²) in [7, 11) is 0. The fourth-order valence-electron chi connectivity index (χ4n) is 4.30. The number of para-hydroxylation sites is 1. The second-order valence-corrected chi connectivity index (χ2v) is 7.84. The Morgan fingerprint density at radius 3 is 2.36 bits per heavy atom. The van der Waals surface area contributed by atoms with Gasteiger partial charge in [0, 0.05) is 31.7 Å². The van der Waals surface area contributed by atoms with Crippen LogP contribution < -0.4 is 4.90 Å². The number of carbonyl (C=O) groups is 2. The summed E-state index contributed by atoms with van der Waals surface area (Å²) in [4.78, 5) is 29.0. The predicted octanol–water partition coefficient (Wildman–Crippen LogP) is 3.66. The Kier molecular flexibility index (Phi) is 5.42. The summed E-state index contributed by atoms with van der Waals surface area (Å²) in [5.74, 6) is 0.185. The zero-order valence-electron chi connectivity index (χ0n) is 15.9. The first-order valence-corrected chi connectivity index (χ1v) is 9.99. The van der Waals surface area contributed by atoms with Gasteiger partial charge in [-0.1, -0.05) is 30.3 Å². The Balaban J connectivity index is 1.30. The molecule has 28 heavy (non-hydrogen) atoms. The maximum atomic E-state index is 13.0. The molecule has 2 aromatic rings. The van der Waals surface area contributed by atoms with Gasteiger partial charge in [0.15, 0.2) is 0 Å². The molecule has 0 N–H and O–H groups in total. The molecule has 2 aliphatic heterocycles. The van der Waals surface area contributed by atoms with Crippen molar-refractivity contribution in [1.82, 2.24) is 4.90 Å². The van der Waals surface area contributed by atoms with Crippen LogP contribution in [-0.4, -0.2) is 36.3 Å². The van der Waals surface area contributed by atoms with E-state index in [1.807, 2.05) is 47.4 Å². The van der Waals surface area contributed by atoms with Crippen molar-refractivity contribution in [3.05, 3.63) is 66.0 Å². The van der Waals surface area contributed by atoms with E-state index in [4.69, 9.17) is 0 Å². The highest BCUT2D eigenvalue weighted by Gasteiger charge is 2.38. The van der Waals surface area contributed by atoms with Crippen LogP contribution in [0, 0.1) is 17.7 Å². The van der Waals surface area contributed by atoms with E-state index in [-0.39, 0.29) is 23.5 Å². The molecule has 146 valence electrons. The Labute approximate surface area is 164 Å². The molecule has 2 heterocycles. The average molecular weight is 380 g/mol. The molecule has 2 fully saturated rings. The second kappa shape index (κ2) is 8.13. The summed E-state index contributed by atoms with van der Waals surface area (Å²) in [6.45, 7) is 1.94. The third kappa shape index (κ3) is 4.08. The molecule has 0 saturated carbocycles. The summed E-state index contributed by atoms with van der Waals surface area (Å²) < 4.78 is 13.0. The Bertz CT molecular complexity index is 829. The summed E-state index contributed by atoms with van der Waals surface area (Å²) in [5, 5.41) is 0. The third-order valence-electron chi connectivity index (χ3n) is 5.91. The number of carbonyl (C=O) groups excluding carboxylic acids is 2. The molecule has 1 unspecified atom stereocenters. The number of likely N-dealkylation sites (tertiary alicyclic amines) is 1. The fraction of sp³-hybridized carbons (Fsp3) is 0.391. The summed E-state index contributed by atoms with van der Waals surface area (Å²) in [5.41, 5.74) is 2.01. The van der Waals surface area contributed by atoms with E-state index in [9.17, 15) is 14.0 Å². The van der Waals surface area contributed by atoms with Crippen molar-refractivity contribution in [3.8, 4) is 0 Å². The largest absolute Gasteiger partial charge is 0.342 e. The van der Waals surface area contributed by atoms with Gasteiger partial charge < -0.3 is 9.80 Å². The molecule has 0 aliphatic carbocycles. The van der Waals surface area contributed by atoms with Gasteiger partial charge in [-0.2, -0.15) is 0 Å². The summed E-state index contributed by atoms with van der Waals surface area (Å²) in [6.07, 6.45) is 3.12. The fourth-order valence-corrected chi connectivity index (χ4v) is 4.30. The first-order valence-electron chi connectivity index (χ1n) is 9.99. The van der Waals surface area contributed by atoms with Gasteiger partial charge >= 0.3 is 0 Å². The molecule has 0 radical (unpaired) electrons. The first-order chi connectivity index (χ1) is 13.6. The number of benzene rings is 2. The normalized spacial score (nSPS) is 20.6. The van der Waals surface area contributed by atoms with E-state index in [2.05, 4.69) is 0 Å². The lowest BCUT2D eigenvalue weighted by molar-refractivity contribution is -0.137. The van der Waals surface area contributed by atoms with Gasteiger partial charge in [-0.15, -0.1) is 0 Å². The van der Waals surface area contributed by atoms with Crippen molar-refractivity contribution in [2.75, 3.05) is 24.5 Å². The maximum Gasteiger partial charge on any atom is 0.228 e. The van der Waals surface area contributed by atoms with Gasteiger partial charge in [-0.3, -0.25) is 9.59 Å². The maximum absolute atomic E-state index is 13.0. The quantitative estimate of drug-likeness (QED) is 0.812. The van der Waals surface area contributed by atoms with Crippen molar-refractivity contribution in [2.24, 2.45) is 11.8 Å². The van der Waals surface area contributed by atoms with Crippen LogP contribution in [-0.2, 0) is 16.0 Å². The van der Waals surface area contributed by atoms with Crippen molar-refractivity contribution in [1.29, 1.82) is 0 Å². The van der Waals surface area contributed by atoms with Crippen LogP contribution in [0.4, 0.5) is 10.1 Å². The summed E-state index contributed by atoms with van der Waals surface area (Å²) in [6, 6.07) is 16.2. The lowest BCUT2D eigenvalue weighted by Gasteiger charge is -2.33. The van der Waals surface area contributed by atoms with Gasteiger partial charge in [-0.05, 0) is 55.0 Å². The molecule has 4 nitrogen and oxygen atoms in total. The molecule has 0 spiro atoms. The number of hydrogen-bond donors (Lipinski definition) is 0. The van der Waals surface area contributed by atoms with Crippen molar-refractivity contribution in [2.45, 2.75) is 25.7 Å². The van der Waals surface area contributed by atoms with Crippen molar-refractivity contribution < 1.29 is 14.0 Å².